The van der Waals surface area contributed by atoms with Gasteiger partial charge in [-0.15, -0.1) is 0 Å². The van der Waals surface area contributed by atoms with Crippen molar-refractivity contribution < 1.29 is 9.53 Å². The average Bonchev–Trinajstić information content (AvgIpc) is 2.52. The van der Waals surface area contributed by atoms with Crippen molar-refractivity contribution in [3.8, 4) is 0 Å². The Kier molecular flexibility index (Phi) is 4.05. The summed E-state index contributed by atoms with van der Waals surface area (Å²) in [7, 11) is 1.53. The first-order valence-electron chi connectivity index (χ1n) is 8.68. The number of rotatable bonds is 2. The van der Waals surface area contributed by atoms with E-state index < -0.39 is 0 Å². The number of esters is 1. The molecule has 0 aromatic heterocycles. The number of hydrogen-bond donors (Lipinski definition) is 0. The summed E-state index contributed by atoms with van der Waals surface area (Å²) in [6, 6.07) is 7.04. The van der Waals surface area contributed by atoms with E-state index in [1.54, 1.807) is 0 Å². The molecular weight excluding hydrogens is 272 g/mol. The van der Waals surface area contributed by atoms with E-state index in [1.807, 2.05) is 0 Å². The lowest BCUT2D eigenvalue weighted by Gasteiger charge is -2.49. The van der Waals surface area contributed by atoms with E-state index in [1.165, 1.54) is 30.2 Å². The average molecular weight is 300 g/mol. The zero-order valence-corrected chi connectivity index (χ0v) is 14.3. The number of fused-ring (bicyclic) bond motifs is 3. The van der Waals surface area contributed by atoms with Crippen LogP contribution in [0.4, 0.5) is 0 Å². The molecule has 2 aliphatic carbocycles. The fourth-order valence-electron chi connectivity index (χ4n) is 4.86. The maximum Gasteiger partial charge on any atom is 0.308 e. The molecule has 0 radical (unpaired) electrons. The van der Waals surface area contributed by atoms with Crippen LogP contribution >= 0.6 is 0 Å². The van der Waals surface area contributed by atoms with E-state index in [0.717, 1.165) is 25.7 Å². The van der Waals surface area contributed by atoms with Crippen molar-refractivity contribution >= 4 is 5.97 Å². The molecule has 0 heterocycles. The number of carbonyl (C=O) groups excluding carboxylic acids is 1. The molecule has 3 rings (SSSR count). The largest absolute Gasteiger partial charge is 0.469 e. The molecule has 0 unspecified atom stereocenters. The van der Waals surface area contributed by atoms with E-state index in [2.05, 4.69) is 39.0 Å². The van der Waals surface area contributed by atoms with Gasteiger partial charge in [0, 0.05) is 0 Å². The molecule has 0 aliphatic heterocycles. The van der Waals surface area contributed by atoms with Gasteiger partial charge in [0.1, 0.15) is 0 Å². The summed E-state index contributed by atoms with van der Waals surface area (Å²) in [5.41, 5.74) is 4.57. The van der Waals surface area contributed by atoms with E-state index in [9.17, 15) is 4.79 Å². The first-order chi connectivity index (χ1) is 10.5. The molecule has 1 fully saturated rings. The Hall–Kier alpha value is -1.31. The van der Waals surface area contributed by atoms with Crippen LogP contribution in [0, 0.1) is 11.8 Å². The molecule has 2 heteroatoms. The fraction of sp³-hybridized carbons (Fsp3) is 0.650. The van der Waals surface area contributed by atoms with Crippen molar-refractivity contribution in [1.29, 1.82) is 0 Å². The van der Waals surface area contributed by atoms with Gasteiger partial charge in [-0.3, -0.25) is 4.79 Å². The third-order valence-electron chi connectivity index (χ3n) is 6.16. The van der Waals surface area contributed by atoms with E-state index in [-0.39, 0.29) is 17.3 Å². The van der Waals surface area contributed by atoms with Crippen LogP contribution in [0.2, 0.25) is 0 Å². The molecular formula is C20H28O2. The molecule has 0 N–H and O–H groups in total. The summed E-state index contributed by atoms with van der Waals surface area (Å²) in [4.78, 5) is 12.2. The number of carbonyl (C=O) groups is 1. The second kappa shape index (κ2) is 5.72. The van der Waals surface area contributed by atoms with Gasteiger partial charge in [0.15, 0.2) is 0 Å². The molecule has 2 aliphatic rings. The Morgan fingerprint density at radius 1 is 1.32 bits per heavy atom. The lowest BCUT2D eigenvalue weighted by atomic mass is 9.54. The molecule has 1 aromatic rings. The predicted octanol–water partition coefficient (Wildman–Crippen LogP) is 4.60. The Bertz CT molecular complexity index is 575. The van der Waals surface area contributed by atoms with Crippen LogP contribution in [0.25, 0.3) is 0 Å². The van der Waals surface area contributed by atoms with Crippen LogP contribution in [-0.2, 0) is 21.4 Å². The van der Waals surface area contributed by atoms with Crippen LogP contribution in [0.3, 0.4) is 0 Å². The number of ether oxygens (including phenoxy) is 1. The normalized spacial score (nSPS) is 30.6. The minimum absolute atomic E-state index is 0.00169. The zero-order chi connectivity index (χ0) is 15.9. The highest BCUT2D eigenvalue weighted by Crippen LogP contribution is 2.52. The quantitative estimate of drug-likeness (QED) is 0.746. The predicted molar refractivity (Wildman–Crippen MR) is 89.1 cm³/mol. The lowest BCUT2D eigenvalue weighted by molar-refractivity contribution is -0.150. The molecule has 3 atom stereocenters. The topological polar surface area (TPSA) is 26.3 Å². The first kappa shape index (κ1) is 15.6. The van der Waals surface area contributed by atoms with Crippen molar-refractivity contribution in [3.05, 3.63) is 34.9 Å². The van der Waals surface area contributed by atoms with Crippen molar-refractivity contribution in [2.75, 3.05) is 7.11 Å². The summed E-state index contributed by atoms with van der Waals surface area (Å²) >= 11 is 0. The Balaban J connectivity index is 2.00. The highest BCUT2D eigenvalue weighted by molar-refractivity contribution is 5.73. The highest BCUT2D eigenvalue weighted by Gasteiger charge is 2.48. The van der Waals surface area contributed by atoms with E-state index in [0.29, 0.717) is 11.8 Å². The van der Waals surface area contributed by atoms with E-state index >= 15 is 0 Å². The minimum Gasteiger partial charge on any atom is -0.469 e. The molecule has 1 saturated carbocycles. The third-order valence-corrected chi connectivity index (χ3v) is 6.16. The molecule has 1 aromatic carbocycles. The van der Waals surface area contributed by atoms with Crippen LogP contribution < -0.4 is 0 Å². The second-order valence-corrected chi connectivity index (χ2v) is 7.66. The van der Waals surface area contributed by atoms with E-state index in [4.69, 9.17) is 4.74 Å². The zero-order valence-electron chi connectivity index (χ0n) is 14.3. The van der Waals surface area contributed by atoms with Gasteiger partial charge in [-0.05, 0) is 59.6 Å². The maximum absolute atomic E-state index is 12.2. The summed E-state index contributed by atoms with van der Waals surface area (Å²) in [6.07, 6.45) is 5.53. The summed E-state index contributed by atoms with van der Waals surface area (Å²) in [5.74, 6) is 1.09. The minimum atomic E-state index is -0.00169. The van der Waals surface area contributed by atoms with Crippen molar-refractivity contribution in [2.45, 2.75) is 64.2 Å². The van der Waals surface area contributed by atoms with Gasteiger partial charge in [0.05, 0.1) is 13.0 Å². The maximum atomic E-state index is 12.2. The second-order valence-electron chi connectivity index (χ2n) is 7.66. The SMILES string of the molecule is COC(=O)[C@@H]1CCC[C@]2(C)c3ccc(C(C)C)cc3CC[C@@H]12. The number of methoxy groups -OCH3 is 1. The van der Waals surface area contributed by atoms with Crippen LogP contribution in [0.1, 0.15) is 69.1 Å². The van der Waals surface area contributed by atoms with Gasteiger partial charge in [-0.2, -0.15) is 0 Å². The van der Waals surface area contributed by atoms with Crippen LogP contribution in [0.15, 0.2) is 18.2 Å². The summed E-state index contributed by atoms with van der Waals surface area (Å²) in [5, 5.41) is 0. The molecule has 0 bridgehead atoms. The van der Waals surface area contributed by atoms with Crippen LogP contribution in [0.5, 0.6) is 0 Å². The summed E-state index contributed by atoms with van der Waals surface area (Å²) in [6.45, 7) is 6.88. The first-order valence-corrected chi connectivity index (χ1v) is 8.68. The molecule has 2 nitrogen and oxygen atoms in total. The van der Waals surface area contributed by atoms with Crippen molar-refractivity contribution in [2.24, 2.45) is 11.8 Å². The standard InChI is InChI=1S/C20H28O2/c1-13(2)14-7-9-17-15(12-14)8-10-18-16(19(21)22-4)6-5-11-20(17,18)3/h7,9,12-13,16,18H,5-6,8,10-11H2,1-4H3/t16-,18+,20-/m1/s1. The van der Waals surface area contributed by atoms with Crippen molar-refractivity contribution in [1.82, 2.24) is 0 Å². The smallest absolute Gasteiger partial charge is 0.308 e. The molecule has 120 valence electrons. The number of benzene rings is 1. The fourth-order valence-corrected chi connectivity index (χ4v) is 4.86. The highest BCUT2D eigenvalue weighted by atomic mass is 16.5. The molecule has 22 heavy (non-hydrogen) atoms. The lowest BCUT2D eigenvalue weighted by Crippen LogP contribution is -2.46. The Morgan fingerprint density at radius 3 is 2.77 bits per heavy atom. The van der Waals surface area contributed by atoms with Gasteiger partial charge in [0.2, 0.25) is 0 Å². The van der Waals surface area contributed by atoms with Gasteiger partial charge in [-0.1, -0.05) is 45.4 Å². The van der Waals surface area contributed by atoms with Gasteiger partial charge in [-0.25, -0.2) is 0 Å². The van der Waals surface area contributed by atoms with Crippen LogP contribution in [-0.4, -0.2) is 13.1 Å². The summed E-state index contributed by atoms with van der Waals surface area (Å²) < 4.78 is 5.08. The van der Waals surface area contributed by atoms with Gasteiger partial charge >= 0.3 is 5.97 Å². The van der Waals surface area contributed by atoms with Gasteiger partial charge < -0.3 is 4.74 Å². The third kappa shape index (κ3) is 2.37. The monoisotopic (exact) mass is 300 g/mol. The molecule has 0 saturated heterocycles. The molecule has 0 spiro atoms. The number of aryl methyl sites for hydroxylation is 1. The van der Waals surface area contributed by atoms with Crippen molar-refractivity contribution in [3.63, 3.8) is 0 Å². The Labute approximate surface area is 134 Å². The van der Waals surface area contributed by atoms with Gasteiger partial charge in [0.25, 0.3) is 0 Å². The number of hydrogen-bond acceptors (Lipinski definition) is 2. The Morgan fingerprint density at radius 2 is 2.09 bits per heavy atom. The molecule has 0 amide bonds.